The Labute approximate surface area is 416 Å². The van der Waals surface area contributed by atoms with Crippen molar-refractivity contribution < 1.29 is 146 Å². The lowest BCUT2D eigenvalue weighted by Gasteiger charge is -2.43. The molecule has 4 rings (SSSR count). The topological polar surface area (TPSA) is 516 Å². The molecule has 31 heteroatoms. The Kier molecular flexibility index (Phi) is 26.3. The van der Waals surface area contributed by atoms with Gasteiger partial charge in [0, 0.05) is 84.8 Å². The van der Waals surface area contributed by atoms with Crippen LogP contribution in [-0.2, 0) is 33.2 Å². The fourth-order valence-corrected chi connectivity index (χ4v) is 7.49. The SMILES string of the molecule is CCN1CCN(CCC2OC(O)/C(O)=C(\O)C(CCO)OC3OC(CO)C(OC(O)/C(O)=C(\O)C(CCO)OC(O)/C(O)=C(/O)C(CCO)OC(O)/C(O)=C(/O)C(CCO)OC(O)/C(O)=C\2O)C(O)C3O)CC1. The van der Waals surface area contributed by atoms with Crippen molar-refractivity contribution in [3.63, 3.8) is 0 Å². The fourth-order valence-electron chi connectivity index (χ4n) is 7.49. The van der Waals surface area contributed by atoms with E-state index in [2.05, 4.69) is 4.90 Å². The van der Waals surface area contributed by atoms with E-state index < -0.39 is 209 Å². The number of rotatable bonds is 13. The van der Waals surface area contributed by atoms with Crippen molar-refractivity contribution in [3.05, 3.63) is 57.6 Å². The second-order valence-corrected chi connectivity index (χ2v) is 16.7. The summed E-state index contributed by atoms with van der Waals surface area (Å²) in [6.07, 6.45) is -38.0. The van der Waals surface area contributed by atoms with Crippen LogP contribution in [0.4, 0.5) is 0 Å². The lowest BCUT2D eigenvalue weighted by molar-refractivity contribution is -0.329. The van der Waals surface area contributed by atoms with E-state index >= 15 is 0 Å². The zero-order chi connectivity index (χ0) is 54.9. The molecule has 2 saturated heterocycles. The third-order valence-electron chi connectivity index (χ3n) is 11.8. The van der Waals surface area contributed by atoms with E-state index in [0.29, 0.717) is 26.2 Å². The molecule has 0 aromatic carbocycles. The first-order valence-electron chi connectivity index (χ1n) is 22.9. The summed E-state index contributed by atoms with van der Waals surface area (Å²) in [5, 5.41) is 235. The molecule has 15 unspecified atom stereocenters. The molecule has 0 aromatic heterocycles. The molecule has 424 valence electrons. The van der Waals surface area contributed by atoms with E-state index in [0.717, 1.165) is 6.54 Å². The van der Waals surface area contributed by atoms with Crippen LogP contribution < -0.4 is 0 Å². The molecular formula is C42H72N2O29. The van der Waals surface area contributed by atoms with E-state index in [1.54, 1.807) is 0 Å². The summed E-state index contributed by atoms with van der Waals surface area (Å²) in [7, 11) is 0. The first-order valence-corrected chi connectivity index (χ1v) is 22.9. The highest BCUT2D eigenvalue weighted by molar-refractivity contribution is 5.14. The van der Waals surface area contributed by atoms with E-state index in [4.69, 9.17) is 33.2 Å². The van der Waals surface area contributed by atoms with Crippen molar-refractivity contribution in [1.82, 2.24) is 9.80 Å². The molecule has 31 nitrogen and oxygen atoms in total. The number of likely N-dealkylation sites (N-methyl/N-ethyl adjacent to an activating group) is 1. The fraction of sp³-hybridized carbons (Fsp3) is 0.762. The number of hydrogen-bond acceptors (Lipinski definition) is 31. The largest absolute Gasteiger partial charge is 0.506 e. The average Bonchev–Trinajstić information content (AvgIpc) is 3.38. The summed E-state index contributed by atoms with van der Waals surface area (Å²) in [5.74, 6) is -14.8. The summed E-state index contributed by atoms with van der Waals surface area (Å²) in [5.41, 5.74) is 0. The summed E-state index contributed by atoms with van der Waals surface area (Å²) in [6, 6.07) is 0. The number of aliphatic hydroxyl groups is 22. The highest BCUT2D eigenvalue weighted by Crippen LogP contribution is 2.31. The molecule has 0 aromatic rings. The predicted octanol–water partition coefficient (Wildman–Crippen LogP) is -4.46. The molecular weight excluding hydrogens is 996 g/mol. The van der Waals surface area contributed by atoms with Gasteiger partial charge in [0.25, 0.3) is 0 Å². The maximum absolute atomic E-state index is 11.3. The summed E-state index contributed by atoms with van der Waals surface area (Å²) < 4.78 is 37.0. The van der Waals surface area contributed by atoms with Crippen LogP contribution in [0.5, 0.6) is 0 Å². The molecule has 0 saturated carbocycles. The highest BCUT2D eigenvalue weighted by Gasteiger charge is 2.48. The van der Waals surface area contributed by atoms with Crippen LogP contribution >= 0.6 is 0 Å². The molecule has 2 fully saturated rings. The van der Waals surface area contributed by atoms with Gasteiger partial charge in [-0.3, -0.25) is 0 Å². The molecule has 2 bridgehead atoms. The molecule has 4 aliphatic rings. The smallest absolute Gasteiger partial charge is 0.218 e. The van der Waals surface area contributed by atoms with E-state index in [1.165, 1.54) is 0 Å². The summed E-state index contributed by atoms with van der Waals surface area (Å²) >= 11 is 0. The quantitative estimate of drug-likeness (QED) is 0.0827. The van der Waals surface area contributed by atoms with Crippen LogP contribution in [0.2, 0.25) is 0 Å². The monoisotopic (exact) mass is 1070 g/mol. The molecule has 0 amide bonds. The van der Waals surface area contributed by atoms with Crippen LogP contribution in [-0.4, -0.2) is 287 Å². The molecule has 0 aliphatic carbocycles. The average molecular weight is 1070 g/mol. The third kappa shape index (κ3) is 17.2. The Morgan fingerprint density at radius 2 is 0.671 bits per heavy atom. The maximum Gasteiger partial charge on any atom is 0.218 e. The minimum Gasteiger partial charge on any atom is -0.506 e. The van der Waals surface area contributed by atoms with Crippen LogP contribution in [0.25, 0.3) is 0 Å². The second-order valence-electron chi connectivity index (χ2n) is 16.7. The zero-order valence-electron chi connectivity index (χ0n) is 39.6. The van der Waals surface area contributed by atoms with Gasteiger partial charge < -0.3 is 155 Å². The Morgan fingerprint density at radius 3 is 0.986 bits per heavy atom. The van der Waals surface area contributed by atoms with E-state index in [1.807, 2.05) is 11.8 Å². The number of hydrogen-bond donors (Lipinski definition) is 22. The molecule has 4 heterocycles. The molecule has 22 N–H and O–H groups in total. The lowest BCUT2D eigenvalue weighted by Crippen LogP contribution is -2.61. The van der Waals surface area contributed by atoms with Gasteiger partial charge in [-0.2, -0.15) is 0 Å². The molecule has 15 atom stereocenters. The highest BCUT2D eigenvalue weighted by atomic mass is 16.7. The maximum atomic E-state index is 11.3. The van der Waals surface area contributed by atoms with E-state index in [9.17, 15) is 112 Å². The van der Waals surface area contributed by atoms with Crippen molar-refractivity contribution >= 4 is 0 Å². The van der Waals surface area contributed by atoms with Crippen LogP contribution in [0.3, 0.4) is 0 Å². The summed E-state index contributed by atoms with van der Waals surface area (Å²) in [4.78, 5) is 4.01. The predicted molar refractivity (Wildman–Crippen MR) is 238 cm³/mol. The Bertz CT molecular complexity index is 1840. The van der Waals surface area contributed by atoms with Gasteiger partial charge in [0.1, 0.15) is 54.9 Å². The second kappa shape index (κ2) is 30.4. The van der Waals surface area contributed by atoms with Gasteiger partial charge in [-0.25, -0.2) is 0 Å². The Hall–Kier alpha value is -4.14. The minimum atomic E-state index is -2.78. The molecule has 0 spiro atoms. The first kappa shape index (κ1) is 63.2. The Morgan fingerprint density at radius 1 is 0.370 bits per heavy atom. The van der Waals surface area contributed by atoms with Gasteiger partial charge in [-0.05, 0) is 13.0 Å². The van der Waals surface area contributed by atoms with Crippen molar-refractivity contribution in [2.45, 2.75) is 132 Å². The van der Waals surface area contributed by atoms with Gasteiger partial charge in [-0.1, -0.05) is 6.92 Å². The van der Waals surface area contributed by atoms with Gasteiger partial charge in [0.2, 0.25) is 31.5 Å². The minimum absolute atomic E-state index is 0.0401. The van der Waals surface area contributed by atoms with Gasteiger partial charge in [0.15, 0.2) is 63.9 Å². The lowest BCUT2D eigenvalue weighted by atomic mass is 9.98. The molecule has 73 heavy (non-hydrogen) atoms. The Balaban J connectivity index is 2.21. The van der Waals surface area contributed by atoms with Crippen molar-refractivity contribution in [1.29, 1.82) is 0 Å². The van der Waals surface area contributed by atoms with E-state index in [-0.39, 0.29) is 13.0 Å². The summed E-state index contributed by atoms with van der Waals surface area (Å²) in [6.45, 7) is 0.208. The number of fused-ring (bicyclic) bond motifs is 22. The standard InChI is InChI=1S/C42H72N2O29/c1-2-43-9-11-44(12-10-43)8-3-18-24(50)30(56)38(63)68-19(4-13-45)25(51)31(57)39(64)69-20(5-14-46)26(52)32(58)40(65)70-21(6-15-47)27(53)34(60)41(66)73-36-23(17-49)72-42(35(61)29(36)55)71-22(7-16-48)28(54)33(59)37(62)67-18/h18-23,29,35-42,45-66H,2-17H2,1H3/b30-24-,31-25-,32-26-,33-28+,34-27+. The van der Waals surface area contributed by atoms with Gasteiger partial charge >= 0.3 is 0 Å². The number of ether oxygens (including phenoxy) is 7. The van der Waals surface area contributed by atoms with Crippen LogP contribution in [0.1, 0.15) is 39.0 Å². The molecule has 0 radical (unpaired) electrons. The van der Waals surface area contributed by atoms with Crippen molar-refractivity contribution in [2.24, 2.45) is 0 Å². The normalized spacial score (nSPS) is 39.9. The molecule has 4 aliphatic heterocycles. The zero-order valence-corrected chi connectivity index (χ0v) is 39.6. The number of nitrogens with zero attached hydrogens (tertiary/aromatic N) is 2. The van der Waals surface area contributed by atoms with Crippen LogP contribution in [0, 0.1) is 0 Å². The van der Waals surface area contributed by atoms with Gasteiger partial charge in [0.05, 0.1) is 6.61 Å². The third-order valence-corrected chi connectivity index (χ3v) is 11.8. The van der Waals surface area contributed by atoms with Crippen molar-refractivity contribution in [3.8, 4) is 0 Å². The first-order chi connectivity index (χ1) is 34.5. The van der Waals surface area contributed by atoms with Crippen LogP contribution in [0.15, 0.2) is 57.6 Å². The van der Waals surface area contributed by atoms with Crippen molar-refractivity contribution in [2.75, 3.05) is 72.3 Å². The van der Waals surface area contributed by atoms with Gasteiger partial charge in [-0.15, -0.1) is 0 Å². The number of piperazine rings is 1. The number of aliphatic hydroxyl groups excluding tert-OH is 22.